The van der Waals surface area contributed by atoms with Crippen LogP contribution in [-0.2, 0) is 14.8 Å². The zero-order valence-corrected chi connectivity index (χ0v) is 16.5. The molecule has 0 aliphatic carbocycles. The molecule has 0 unspecified atom stereocenters. The summed E-state index contributed by atoms with van der Waals surface area (Å²) in [7, 11) is -3.85. The van der Waals surface area contributed by atoms with E-state index in [1.165, 1.54) is 17.4 Å². The van der Waals surface area contributed by atoms with Gasteiger partial charge in [-0.2, -0.15) is 0 Å². The predicted octanol–water partition coefficient (Wildman–Crippen LogP) is 2.19. The first-order chi connectivity index (χ1) is 12.8. The number of rotatable bonds is 4. The van der Waals surface area contributed by atoms with Crippen LogP contribution in [0.5, 0.6) is 0 Å². The molecule has 1 aliphatic rings. The minimum Gasteiger partial charge on any atom is -0.338 e. The Morgan fingerprint density at radius 2 is 1.93 bits per heavy atom. The number of amides is 2. The van der Waals surface area contributed by atoms with E-state index in [0.29, 0.717) is 42.1 Å². The summed E-state index contributed by atoms with van der Waals surface area (Å²) in [6.07, 6.45) is 1.13. The Balaban J connectivity index is 1.61. The monoisotopic (exact) mass is 407 g/mol. The van der Waals surface area contributed by atoms with Gasteiger partial charge in [0.25, 0.3) is 5.91 Å². The first-order valence-electron chi connectivity index (χ1n) is 8.53. The quantitative estimate of drug-likeness (QED) is 0.809. The van der Waals surface area contributed by atoms with Crippen molar-refractivity contribution >= 4 is 38.9 Å². The SMILES string of the molecule is Cc1ccc(NC(=O)C2CCN(C(=O)c3cccs3)CC2)cc1S(N)(=O)=O. The summed E-state index contributed by atoms with van der Waals surface area (Å²) in [5, 5.41) is 9.84. The van der Waals surface area contributed by atoms with Gasteiger partial charge in [0, 0.05) is 24.7 Å². The van der Waals surface area contributed by atoms with Gasteiger partial charge in [-0.1, -0.05) is 12.1 Å². The molecule has 144 valence electrons. The number of hydrogen-bond acceptors (Lipinski definition) is 5. The van der Waals surface area contributed by atoms with Gasteiger partial charge in [0.1, 0.15) is 0 Å². The lowest BCUT2D eigenvalue weighted by atomic mass is 9.95. The number of carbonyl (C=O) groups is 2. The Morgan fingerprint density at radius 1 is 1.22 bits per heavy atom. The van der Waals surface area contributed by atoms with Crippen LogP contribution in [0.4, 0.5) is 5.69 Å². The third-order valence-electron chi connectivity index (χ3n) is 4.65. The van der Waals surface area contributed by atoms with E-state index in [9.17, 15) is 18.0 Å². The van der Waals surface area contributed by atoms with E-state index in [1.54, 1.807) is 30.0 Å². The molecular weight excluding hydrogens is 386 g/mol. The van der Waals surface area contributed by atoms with E-state index in [0.717, 1.165) is 0 Å². The van der Waals surface area contributed by atoms with Gasteiger partial charge >= 0.3 is 0 Å². The summed E-state index contributed by atoms with van der Waals surface area (Å²) in [5.74, 6) is -0.403. The number of primary sulfonamides is 1. The molecule has 0 bridgehead atoms. The third-order valence-corrected chi connectivity index (χ3v) is 6.56. The molecule has 1 aromatic heterocycles. The maximum atomic E-state index is 12.5. The number of carbonyl (C=O) groups excluding carboxylic acids is 2. The highest BCUT2D eigenvalue weighted by molar-refractivity contribution is 7.89. The van der Waals surface area contributed by atoms with Gasteiger partial charge in [-0.05, 0) is 48.9 Å². The number of piperidine rings is 1. The normalized spacial score (nSPS) is 15.6. The molecule has 9 heteroatoms. The highest BCUT2D eigenvalue weighted by Gasteiger charge is 2.28. The number of sulfonamides is 1. The summed E-state index contributed by atoms with van der Waals surface area (Å²) in [6, 6.07) is 8.27. The van der Waals surface area contributed by atoms with E-state index >= 15 is 0 Å². The Kier molecular flexibility index (Phi) is 5.64. The summed E-state index contributed by atoms with van der Waals surface area (Å²) in [6.45, 7) is 2.68. The van der Waals surface area contributed by atoms with Crippen LogP contribution in [0.25, 0.3) is 0 Å². The lowest BCUT2D eigenvalue weighted by molar-refractivity contribution is -0.121. The van der Waals surface area contributed by atoms with E-state index in [4.69, 9.17) is 5.14 Å². The smallest absolute Gasteiger partial charge is 0.263 e. The minimum atomic E-state index is -3.85. The molecule has 2 heterocycles. The van der Waals surface area contributed by atoms with Gasteiger partial charge < -0.3 is 10.2 Å². The topological polar surface area (TPSA) is 110 Å². The predicted molar refractivity (Wildman–Crippen MR) is 104 cm³/mol. The molecule has 2 amide bonds. The number of nitrogens with two attached hydrogens (primary N) is 1. The highest BCUT2D eigenvalue weighted by atomic mass is 32.2. The van der Waals surface area contributed by atoms with Crippen molar-refractivity contribution in [2.45, 2.75) is 24.7 Å². The number of thiophene rings is 1. The number of benzene rings is 1. The maximum absolute atomic E-state index is 12.5. The molecule has 1 saturated heterocycles. The second-order valence-electron chi connectivity index (χ2n) is 6.56. The van der Waals surface area contributed by atoms with Crippen molar-refractivity contribution in [3.05, 3.63) is 46.2 Å². The summed E-state index contributed by atoms with van der Waals surface area (Å²) < 4.78 is 23.2. The summed E-state index contributed by atoms with van der Waals surface area (Å²) in [5.41, 5.74) is 0.919. The largest absolute Gasteiger partial charge is 0.338 e. The van der Waals surface area contributed by atoms with Gasteiger partial charge in [-0.25, -0.2) is 13.6 Å². The summed E-state index contributed by atoms with van der Waals surface area (Å²) >= 11 is 1.41. The number of aryl methyl sites for hydroxylation is 1. The number of likely N-dealkylation sites (tertiary alicyclic amines) is 1. The fourth-order valence-electron chi connectivity index (χ4n) is 3.13. The van der Waals surface area contributed by atoms with Crippen LogP contribution >= 0.6 is 11.3 Å². The third kappa shape index (κ3) is 4.55. The van der Waals surface area contributed by atoms with Crippen molar-refractivity contribution in [3.8, 4) is 0 Å². The molecule has 1 aromatic carbocycles. The Bertz CT molecular complexity index is 947. The van der Waals surface area contributed by atoms with Gasteiger partial charge in [0.2, 0.25) is 15.9 Å². The van der Waals surface area contributed by atoms with Gasteiger partial charge in [-0.15, -0.1) is 11.3 Å². The zero-order valence-electron chi connectivity index (χ0n) is 14.8. The molecule has 0 atom stereocenters. The van der Waals surface area contributed by atoms with Gasteiger partial charge in [0.15, 0.2) is 0 Å². The van der Waals surface area contributed by atoms with E-state index in [-0.39, 0.29) is 22.6 Å². The maximum Gasteiger partial charge on any atom is 0.263 e. The second-order valence-corrected chi connectivity index (χ2v) is 9.04. The standard InChI is InChI=1S/C18H21N3O4S2/c1-12-4-5-14(11-16(12)27(19,24)25)20-17(22)13-6-8-21(9-7-13)18(23)15-3-2-10-26-15/h2-5,10-11,13H,6-9H2,1H3,(H,20,22)(H2,19,24,25). The van der Waals surface area contributed by atoms with Crippen molar-refractivity contribution in [2.24, 2.45) is 11.1 Å². The van der Waals surface area contributed by atoms with Crippen LogP contribution in [0, 0.1) is 12.8 Å². The molecule has 3 rings (SSSR count). The van der Waals surface area contributed by atoms with Crippen LogP contribution in [0.1, 0.15) is 28.1 Å². The minimum absolute atomic E-state index is 0.000173. The zero-order chi connectivity index (χ0) is 19.6. The highest BCUT2D eigenvalue weighted by Crippen LogP contribution is 2.24. The molecule has 0 radical (unpaired) electrons. The van der Waals surface area contributed by atoms with Gasteiger partial charge in [-0.3, -0.25) is 9.59 Å². The van der Waals surface area contributed by atoms with Gasteiger partial charge in [0.05, 0.1) is 9.77 Å². The number of nitrogens with one attached hydrogen (secondary N) is 1. The molecule has 27 heavy (non-hydrogen) atoms. The lowest BCUT2D eigenvalue weighted by Gasteiger charge is -2.31. The molecule has 0 saturated carbocycles. The Labute approximate surface area is 162 Å². The van der Waals surface area contributed by atoms with Crippen LogP contribution in [0.3, 0.4) is 0 Å². The van der Waals surface area contributed by atoms with Crippen molar-refractivity contribution in [2.75, 3.05) is 18.4 Å². The van der Waals surface area contributed by atoms with Crippen LogP contribution in [0.15, 0.2) is 40.6 Å². The summed E-state index contributed by atoms with van der Waals surface area (Å²) in [4.78, 5) is 27.3. The van der Waals surface area contributed by atoms with E-state index in [1.807, 2.05) is 11.4 Å². The molecule has 3 N–H and O–H groups in total. The average Bonchev–Trinajstić information content (AvgIpc) is 3.16. The van der Waals surface area contributed by atoms with Crippen molar-refractivity contribution < 1.29 is 18.0 Å². The van der Waals surface area contributed by atoms with E-state index < -0.39 is 10.0 Å². The van der Waals surface area contributed by atoms with Crippen LogP contribution < -0.4 is 10.5 Å². The van der Waals surface area contributed by atoms with Crippen molar-refractivity contribution in [1.29, 1.82) is 0 Å². The molecule has 1 aliphatic heterocycles. The molecule has 0 spiro atoms. The fourth-order valence-corrected chi connectivity index (χ4v) is 4.63. The number of hydrogen-bond donors (Lipinski definition) is 2. The number of nitrogens with zero attached hydrogens (tertiary/aromatic N) is 1. The number of anilines is 1. The molecule has 2 aromatic rings. The van der Waals surface area contributed by atoms with Crippen LogP contribution in [-0.4, -0.2) is 38.2 Å². The second kappa shape index (κ2) is 7.79. The van der Waals surface area contributed by atoms with Crippen LogP contribution in [0.2, 0.25) is 0 Å². The Hall–Kier alpha value is -2.23. The lowest BCUT2D eigenvalue weighted by Crippen LogP contribution is -2.41. The molecular formula is C18H21N3O4S2. The fraction of sp³-hybridized carbons (Fsp3) is 0.333. The molecule has 1 fully saturated rings. The first-order valence-corrected chi connectivity index (χ1v) is 11.0. The van der Waals surface area contributed by atoms with Crippen molar-refractivity contribution in [1.82, 2.24) is 4.90 Å². The average molecular weight is 408 g/mol. The van der Waals surface area contributed by atoms with Crippen molar-refractivity contribution in [3.63, 3.8) is 0 Å². The molecule has 7 nitrogen and oxygen atoms in total. The Morgan fingerprint density at radius 3 is 2.52 bits per heavy atom. The first kappa shape index (κ1) is 19.5. The van der Waals surface area contributed by atoms with E-state index in [2.05, 4.69) is 5.32 Å².